The van der Waals surface area contributed by atoms with Gasteiger partial charge in [-0.15, -0.1) is 12.8 Å². The van der Waals surface area contributed by atoms with E-state index in [2.05, 4.69) is 17.2 Å². The first-order valence-electron chi connectivity index (χ1n) is 2.58. The van der Waals surface area contributed by atoms with Crippen LogP contribution in [0.2, 0.25) is 0 Å². The predicted molar refractivity (Wildman–Crippen MR) is 43.5 cm³/mol. The van der Waals surface area contributed by atoms with Crippen LogP contribution in [0.25, 0.3) is 0 Å². The van der Waals surface area contributed by atoms with E-state index in [-0.39, 0.29) is 11.8 Å². The van der Waals surface area contributed by atoms with E-state index in [4.69, 9.17) is 12.8 Å². The third-order valence-corrected chi connectivity index (χ3v) is 1.34. The van der Waals surface area contributed by atoms with Gasteiger partial charge in [-0.05, 0) is 0 Å². The molecule has 0 aromatic heterocycles. The van der Waals surface area contributed by atoms with Gasteiger partial charge in [0.2, 0.25) is 0 Å². The van der Waals surface area contributed by atoms with Gasteiger partial charge in [0.25, 0.3) is 5.24 Å². The highest BCUT2D eigenvalue weighted by Crippen LogP contribution is 1.97. The van der Waals surface area contributed by atoms with E-state index >= 15 is 0 Å². The average molecular weight is 153 g/mol. The molecule has 10 heavy (non-hydrogen) atoms. The van der Waals surface area contributed by atoms with E-state index in [0.717, 1.165) is 11.8 Å². The lowest BCUT2D eigenvalue weighted by molar-refractivity contribution is 0.261. The average Bonchev–Trinajstić information content (AvgIpc) is 1.97. The smallest absolute Gasteiger partial charge is 0.280 e. The number of carbonyl (C=O) groups excluding carboxylic acids is 1. The predicted octanol–water partition coefficient (Wildman–Crippen LogP) is 0.696. The molecule has 2 nitrogen and oxygen atoms in total. The fourth-order valence-corrected chi connectivity index (χ4v) is 0.670. The quantitative estimate of drug-likeness (QED) is 0.591. The van der Waals surface area contributed by atoms with Crippen molar-refractivity contribution >= 4 is 17.0 Å². The summed E-state index contributed by atoms with van der Waals surface area (Å²) in [5.41, 5.74) is 0. The van der Waals surface area contributed by atoms with Gasteiger partial charge in [-0.25, -0.2) is 0 Å². The second kappa shape index (κ2) is 6.07. The summed E-state index contributed by atoms with van der Waals surface area (Å²) in [5.74, 6) is 4.99. The summed E-state index contributed by atoms with van der Waals surface area (Å²) in [5, 5.41) is 2.29. The summed E-state index contributed by atoms with van der Waals surface area (Å²) in [6.07, 6.45) is 9.81. The standard InChI is InChI=1S/C7H7NOS/c1-3-5-8-7(9)10-6-4-2/h1-2H,5-6H2,(H,8,9). The Bertz CT molecular complexity index is 167. The largest absolute Gasteiger partial charge is 0.336 e. The minimum Gasteiger partial charge on any atom is -0.336 e. The fourth-order valence-electron chi connectivity index (χ4n) is 0.281. The monoisotopic (exact) mass is 153 g/mol. The summed E-state index contributed by atoms with van der Waals surface area (Å²) < 4.78 is 0. The van der Waals surface area contributed by atoms with Crippen LogP contribution in [-0.2, 0) is 0 Å². The molecule has 0 aliphatic carbocycles. The fraction of sp³-hybridized carbons (Fsp3) is 0.286. The SMILES string of the molecule is C#CCNC(=O)SCC#C. The Morgan fingerprint density at radius 1 is 1.50 bits per heavy atom. The summed E-state index contributed by atoms with van der Waals surface area (Å²) in [7, 11) is 0. The van der Waals surface area contributed by atoms with Crippen LogP contribution >= 0.6 is 11.8 Å². The molecule has 0 unspecified atom stereocenters. The Morgan fingerprint density at radius 2 is 2.20 bits per heavy atom. The maximum absolute atomic E-state index is 10.6. The zero-order chi connectivity index (χ0) is 7.82. The molecule has 0 aliphatic rings. The number of carbonyl (C=O) groups is 1. The van der Waals surface area contributed by atoms with Crippen LogP contribution in [0.3, 0.4) is 0 Å². The van der Waals surface area contributed by atoms with Crippen molar-refractivity contribution in [3.05, 3.63) is 0 Å². The Balaban J connectivity index is 3.30. The Hall–Kier alpha value is -1.06. The van der Waals surface area contributed by atoms with E-state index in [1.807, 2.05) is 0 Å². The van der Waals surface area contributed by atoms with E-state index < -0.39 is 0 Å². The van der Waals surface area contributed by atoms with Gasteiger partial charge < -0.3 is 5.32 Å². The van der Waals surface area contributed by atoms with E-state index in [9.17, 15) is 4.79 Å². The molecule has 0 heterocycles. The maximum atomic E-state index is 10.6. The molecule has 0 fully saturated rings. The number of thioether (sulfide) groups is 1. The topological polar surface area (TPSA) is 29.1 Å². The molecule has 0 atom stereocenters. The third kappa shape index (κ3) is 5.08. The lowest BCUT2D eigenvalue weighted by Gasteiger charge is -1.95. The summed E-state index contributed by atoms with van der Waals surface area (Å²) in [6.45, 7) is 0.260. The molecule has 1 amide bonds. The molecule has 0 aromatic carbocycles. The molecule has 0 rings (SSSR count). The van der Waals surface area contributed by atoms with Gasteiger partial charge >= 0.3 is 0 Å². The van der Waals surface area contributed by atoms with Crippen LogP contribution in [0.5, 0.6) is 0 Å². The minimum absolute atomic E-state index is 0.170. The Kier molecular flexibility index (Phi) is 5.42. The molecule has 0 bridgehead atoms. The van der Waals surface area contributed by atoms with Crippen LogP contribution in [0.4, 0.5) is 4.79 Å². The first kappa shape index (κ1) is 8.94. The third-order valence-electron chi connectivity index (χ3n) is 0.621. The van der Waals surface area contributed by atoms with E-state index in [0.29, 0.717) is 5.75 Å². The highest BCUT2D eigenvalue weighted by Gasteiger charge is 1.95. The molecule has 0 aliphatic heterocycles. The van der Waals surface area contributed by atoms with Crippen molar-refractivity contribution in [2.45, 2.75) is 0 Å². The van der Waals surface area contributed by atoms with E-state index in [1.54, 1.807) is 0 Å². The second-order valence-electron chi connectivity index (χ2n) is 1.34. The van der Waals surface area contributed by atoms with Crippen LogP contribution in [0, 0.1) is 24.7 Å². The van der Waals surface area contributed by atoms with Gasteiger partial charge in [0, 0.05) is 0 Å². The number of hydrogen-bond donors (Lipinski definition) is 1. The van der Waals surface area contributed by atoms with Crippen molar-refractivity contribution in [2.24, 2.45) is 0 Å². The lowest BCUT2D eigenvalue weighted by Crippen LogP contribution is -2.18. The normalized spacial score (nSPS) is 7.40. The van der Waals surface area contributed by atoms with Gasteiger partial charge in [-0.3, -0.25) is 4.79 Å². The summed E-state index contributed by atoms with van der Waals surface area (Å²) >= 11 is 1.03. The van der Waals surface area contributed by atoms with Crippen LogP contribution in [0.1, 0.15) is 0 Å². The second-order valence-corrected chi connectivity index (χ2v) is 2.29. The molecule has 0 saturated heterocycles. The molecular weight excluding hydrogens is 146 g/mol. The Morgan fingerprint density at radius 3 is 2.70 bits per heavy atom. The van der Waals surface area contributed by atoms with Crippen molar-refractivity contribution in [2.75, 3.05) is 12.3 Å². The zero-order valence-corrected chi connectivity index (χ0v) is 6.20. The van der Waals surface area contributed by atoms with Crippen molar-refractivity contribution in [1.82, 2.24) is 5.32 Å². The molecule has 3 heteroatoms. The number of terminal acetylenes is 2. The van der Waals surface area contributed by atoms with Crippen LogP contribution in [0.15, 0.2) is 0 Å². The van der Waals surface area contributed by atoms with Crippen LogP contribution in [-0.4, -0.2) is 17.5 Å². The van der Waals surface area contributed by atoms with Crippen molar-refractivity contribution in [1.29, 1.82) is 0 Å². The maximum Gasteiger partial charge on any atom is 0.280 e. The molecular formula is C7H7NOS. The summed E-state index contributed by atoms with van der Waals surface area (Å²) in [6, 6.07) is 0. The summed E-state index contributed by atoms with van der Waals surface area (Å²) in [4.78, 5) is 10.6. The lowest BCUT2D eigenvalue weighted by atomic mass is 10.7. The minimum atomic E-state index is -0.170. The van der Waals surface area contributed by atoms with Gasteiger partial charge in [0.05, 0.1) is 12.3 Å². The molecule has 0 spiro atoms. The van der Waals surface area contributed by atoms with E-state index in [1.165, 1.54) is 0 Å². The molecule has 1 N–H and O–H groups in total. The molecule has 0 aromatic rings. The number of nitrogens with one attached hydrogen (secondary N) is 1. The van der Waals surface area contributed by atoms with Crippen molar-refractivity contribution in [3.8, 4) is 24.7 Å². The number of rotatable bonds is 2. The van der Waals surface area contributed by atoms with Gasteiger partial charge in [0.15, 0.2) is 0 Å². The zero-order valence-electron chi connectivity index (χ0n) is 5.39. The van der Waals surface area contributed by atoms with Gasteiger partial charge in [-0.2, -0.15) is 0 Å². The van der Waals surface area contributed by atoms with Gasteiger partial charge in [-0.1, -0.05) is 23.6 Å². The number of hydrogen-bond acceptors (Lipinski definition) is 2. The molecule has 52 valence electrons. The Labute approximate surface area is 64.8 Å². The molecule has 0 radical (unpaired) electrons. The van der Waals surface area contributed by atoms with Crippen LogP contribution < -0.4 is 5.32 Å². The number of amides is 1. The first-order chi connectivity index (χ1) is 4.81. The highest BCUT2D eigenvalue weighted by molar-refractivity contribution is 8.13. The van der Waals surface area contributed by atoms with Crippen molar-refractivity contribution < 1.29 is 4.79 Å². The first-order valence-corrected chi connectivity index (χ1v) is 3.57. The van der Waals surface area contributed by atoms with Crippen molar-refractivity contribution in [3.63, 3.8) is 0 Å². The van der Waals surface area contributed by atoms with Gasteiger partial charge in [0.1, 0.15) is 0 Å². The molecule has 0 saturated carbocycles. The highest BCUT2D eigenvalue weighted by atomic mass is 32.2.